The number of ether oxygens (including phenoxy) is 1. The highest BCUT2D eigenvalue weighted by molar-refractivity contribution is 7.90. The number of carbonyl (C=O) groups excluding carboxylic acids is 1. The van der Waals surface area contributed by atoms with Crippen molar-refractivity contribution in [1.29, 1.82) is 0 Å². The number of aryl methyl sites for hydroxylation is 1. The van der Waals surface area contributed by atoms with Gasteiger partial charge in [0.15, 0.2) is 21.4 Å². The van der Waals surface area contributed by atoms with Gasteiger partial charge in [0.25, 0.3) is 0 Å². The summed E-state index contributed by atoms with van der Waals surface area (Å²) >= 11 is 0. The summed E-state index contributed by atoms with van der Waals surface area (Å²) in [5, 5.41) is 16.9. The van der Waals surface area contributed by atoms with Gasteiger partial charge in [-0.2, -0.15) is 0 Å². The zero-order chi connectivity index (χ0) is 27.6. The van der Waals surface area contributed by atoms with Crippen LogP contribution in [0.2, 0.25) is 0 Å². The third kappa shape index (κ3) is 6.26. The van der Waals surface area contributed by atoms with Crippen LogP contribution in [-0.2, 0) is 22.0 Å². The number of aromatic nitrogens is 3. The Balaban J connectivity index is 0.00000370. The molecular weight excluding hydrogens is 532 g/mol. The van der Waals surface area contributed by atoms with Crippen molar-refractivity contribution >= 4 is 38.2 Å². The molecule has 0 aliphatic rings. The number of Topliss-reactive ketones (excluding diaryl/α,β-unsaturated/α-hetero) is 1. The number of rotatable bonds is 9. The van der Waals surface area contributed by atoms with Gasteiger partial charge in [-0.1, -0.05) is 36.8 Å². The van der Waals surface area contributed by atoms with Crippen molar-refractivity contribution < 1.29 is 27.6 Å². The number of methoxy groups -OCH3 is 1. The second-order valence-electron chi connectivity index (χ2n) is 8.88. The molecule has 0 aliphatic heterocycles. The number of anilines is 2. The third-order valence-electron chi connectivity index (χ3n) is 5.90. The standard InChI is InChI=1S/C28H24N4O6S.CH4/c1-17-10-25(32-38-17)27(34)12-18-6-5-7-22(11-18)39(35,36)16-26-28(31-24-9-4-3-8-23(24)30-26)29-19-13-20(33)15-21(14-19)37-2;/h3-11,13-15,33H,12,16H2,1-2H3,(H,29,31);1H4. The Kier molecular flexibility index (Phi) is 8.15. The van der Waals surface area contributed by atoms with E-state index in [2.05, 4.69) is 20.4 Å². The zero-order valence-corrected chi connectivity index (χ0v) is 21.9. The molecule has 206 valence electrons. The third-order valence-corrected chi connectivity index (χ3v) is 7.52. The molecule has 0 amide bonds. The van der Waals surface area contributed by atoms with Gasteiger partial charge in [-0.05, 0) is 36.8 Å². The van der Waals surface area contributed by atoms with Crippen molar-refractivity contribution in [2.24, 2.45) is 0 Å². The van der Waals surface area contributed by atoms with Crippen LogP contribution in [0.5, 0.6) is 11.5 Å². The van der Waals surface area contributed by atoms with Gasteiger partial charge >= 0.3 is 0 Å². The Labute approximate surface area is 231 Å². The normalized spacial score (nSPS) is 11.2. The smallest absolute Gasteiger partial charge is 0.189 e. The number of benzene rings is 3. The minimum Gasteiger partial charge on any atom is -0.508 e. The molecule has 10 nitrogen and oxygen atoms in total. The van der Waals surface area contributed by atoms with Crippen LogP contribution in [0.4, 0.5) is 11.5 Å². The monoisotopic (exact) mass is 560 g/mol. The Morgan fingerprint density at radius 1 is 1.00 bits per heavy atom. The van der Waals surface area contributed by atoms with Crippen LogP contribution >= 0.6 is 0 Å². The van der Waals surface area contributed by atoms with Crippen molar-refractivity contribution in [2.45, 2.75) is 31.4 Å². The SMILES string of the molecule is C.COc1cc(O)cc(Nc2nc3ccccc3nc2CS(=O)(=O)c2cccc(CC(=O)c3cc(C)on3)c2)c1. The maximum absolute atomic E-state index is 13.5. The van der Waals surface area contributed by atoms with Crippen LogP contribution < -0.4 is 10.1 Å². The molecule has 0 bridgehead atoms. The first-order valence-corrected chi connectivity index (χ1v) is 13.5. The molecule has 0 aliphatic carbocycles. The number of fused-ring (bicyclic) bond motifs is 1. The number of para-hydroxylation sites is 2. The van der Waals surface area contributed by atoms with Gasteiger partial charge in [-0.15, -0.1) is 0 Å². The molecular formula is C29H28N4O6S. The highest BCUT2D eigenvalue weighted by atomic mass is 32.2. The number of nitrogens with zero attached hydrogens (tertiary/aromatic N) is 3. The Hall–Kier alpha value is -4.77. The van der Waals surface area contributed by atoms with Gasteiger partial charge in [-0.25, -0.2) is 18.4 Å². The summed E-state index contributed by atoms with van der Waals surface area (Å²) in [5.74, 6) is 0.370. The molecule has 3 aromatic carbocycles. The maximum Gasteiger partial charge on any atom is 0.189 e. The van der Waals surface area contributed by atoms with E-state index in [1.165, 1.54) is 37.4 Å². The van der Waals surface area contributed by atoms with Crippen LogP contribution in [0.1, 0.15) is 34.9 Å². The van der Waals surface area contributed by atoms with E-state index in [1.807, 2.05) is 6.07 Å². The lowest BCUT2D eigenvalue weighted by molar-refractivity contribution is 0.0984. The van der Waals surface area contributed by atoms with Crippen molar-refractivity contribution in [2.75, 3.05) is 12.4 Å². The van der Waals surface area contributed by atoms with Crippen molar-refractivity contribution in [1.82, 2.24) is 15.1 Å². The lowest BCUT2D eigenvalue weighted by Gasteiger charge is -2.14. The fraction of sp³-hybridized carbons (Fsp3) is 0.172. The van der Waals surface area contributed by atoms with E-state index in [1.54, 1.807) is 43.3 Å². The van der Waals surface area contributed by atoms with Gasteiger partial charge in [0.05, 0.1) is 28.7 Å². The van der Waals surface area contributed by atoms with E-state index in [0.717, 1.165) is 0 Å². The number of nitrogens with one attached hydrogen (secondary N) is 1. The van der Waals surface area contributed by atoms with E-state index >= 15 is 0 Å². The van der Waals surface area contributed by atoms with E-state index in [4.69, 9.17) is 9.26 Å². The summed E-state index contributed by atoms with van der Waals surface area (Å²) in [4.78, 5) is 21.8. The minimum atomic E-state index is -3.90. The van der Waals surface area contributed by atoms with Crippen molar-refractivity contribution in [3.05, 3.63) is 95.5 Å². The van der Waals surface area contributed by atoms with E-state index < -0.39 is 15.6 Å². The van der Waals surface area contributed by atoms with Gasteiger partial charge in [-0.3, -0.25) is 4.79 Å². The van der Waals surface area contributed by atoms with Crippen LogP contribution in [0.3, 0.4) is 0 Å². The Bertz CT molecular complexity index is 1800. The van der Waals surface area contributed by atoms with Crippen LogP contribution in [-0.4, -0.2) is 41.5 Å². The molecule has 0 fully saturated rings. The molecule has 0 spiro atoms. The van der Waals surface area contributed by atoms with Crippen LogP contribution in [0.25, 0.3) is 11.0 Å². The molecule has 2 N–H and O–H groups in total. The first-order chi connectivity index (χ1) is 18.7. The molecule has 0 saturated heterocycles. The molecule has 0 radical (unpaired) electrons. The first-order valence-electron chi connectivity index (χ1n) is 11.9. The number of ketones is 1. The number of sulfone groups is 1. The van der Waals surface area contributed by atoms with E-state index in [-0.39, 0.29) is 47.5 Å². The highest BCUT2D eigenvalue weighted by Gasteiger charge is 2.22. The second-order valence-corrected chi connectivity index (χ2v) is 10.9. The average Bonchev–Trinajstić information content (AvgIpc) is 3.35. The zero-order valence-electron chi connectivity index (χ0n) is 21.1. The molecule has 2 aromatic heterocycles. The molecule has 2 heterocycles. The molecule has 0 atom stereocenters. The lowest BCUT2D eigenvalue weighted by atomic mass is 10.1. The number of aromatic hydroxyl groups is 1. The topological polar surface area (TPSA) is 145 Å². The van der Waals surface area contributed by atoms with Gasteiger partial charge in [0.1, 0.15) is 28.7 Å². The summed E-state index contributed by atoms with van der Waals surface area (Å²) in [6, 6.07) is 19.4. The number of carbonyl (C=O) groups is 1. The number of phenolic OH excluding ortho intramolecular Hbond substituents is 1. The summed E-state index contributed by atoms with van der Waals surface area (Å²) in [6.45, 7) is 1.69. The second kappa shape index (κ2) is 11.5. The molecule has 40 heavy (non-hydrogen) atoms. The predicted octanol–water partition coefficient (Wildman–Crippen LogP) is 5.42. The average molecular weight is 561 g/mol. The number of phenols is 1. The quantitative estimate of drug-likeness (QED) is 0.224. The van der Waals surface area contributed by atoms with Crippen molar-refractivity contribution in [3.63, 3.8) is 0 Å². The summed E-state index contributed by atoms with van der Waals surface area (Å²) in [7, 11) is -2.43. The summed E-state index contributed by atoms with van der Waals surface area (Å²) < 4.78 is 37.3. The van der Waals surface area contributed by atoms with Gasteiger partial charge in [0, 0.05) is 36.4 Å². The lowest BCUT2D eigenvalue weighted by Crippen LogP contribution is -2.11. The van der Waals surface area contributed by atoms with E-state index in [9.17, 15) is 18.3 Å². The molecule has 5 rings (SSSR count). The van der Waals surface area contributed by atoms with Crippen LogP contribution in [0.15, 0.2) is 82.2 Å². The molecule has 5 aromatic rings. The maximum atomic E-state index is 13.5. The molecule has 11 heteroatoms. The Morgan fingerprint density at radius 2 is 1.75 bits per heavy atom. The van der Waals surface area contributed by atoms with Crippen LogP contribution in [0, 0.1) is 6.92 Å². The molecule has 0 unspecified atom stereocenters. The fourth-order valence-electron chi connectivity index (χ4n) is 4.03. The fourth-order valence-corrected chi connectivity index (χ4v) is 5.38. The highest BCUT2D eigenvalue weighted by Crippen LogP contribution is 2.30. The van der Waals surface area contributed by atoms with Crippen molar-refractivity contribution in [3.8, 4) is 11.5 Å². The molecule has 0 saturated carbocycles. The van der Waals surface area contributed by atoms with Gasteiger partial charge in [0.2, 0.25) is 0 Å². The van der Waals surface area contributed by atoms with E-state index in [0.29, 0.717) is 33.8 Å². The number of hydrogen-bond acceptors (Lipinski definition) is 10. The number of hydrogen-bond donors (Lipinski definition) is 2. The minimum absolute atomic E-state index is 0. The largest absolute Gasteiger partial charge is 0.508 e. The Morgan fingerprint density at radius 3 is 2.45 bits per heavy atom. The summed E-state index contributed by atoms with van der Waals surface area (Å²) in [6.07, 6.45) is -0.0305. The predicted molar refractivity (Wildman–Crippen MR) is 151 cm³/mol. The van der Waals surface area contributed by atoms with Gasteiger partial charge < -0.3 is 19.7 Å². The first kappa shape index (κ1) is 28.2. The summed E-state index contributed by atoms with van der Waals surface area (Å²) in [5.41, 5.74) is 2.44.